The maximum atomic E-state index is 12.6. The number of thiazole rings is 1. The monoisotopic (exact) mass is 385 g/mol. The summed E-state index contributed by atoms with van der Waals surface area (Å²) < 4.78 is 4.09. The number of thioether (sulfide) groups is 1. The van der Waals surface area contributed by atoms with Crippen LogP contribution in [0.4, 0.5) is 0 Å². The lowest BCUT2D eigenvalue weighted by Crippen LogP contribution is -2.30. The van der Waals surface area contributed by atoms with Crippen LogP contribution >= 0.6 is 23.1 Å². The van der Waals surface area contributed by atoms with Gasteiger partial charge < -0.3 is 4.90 Å². The normalized spacial score (nSPS) is 20.2. The molecule has 2 aromatic heterocycles. The number of carbonyl (C=O) groups is 1. The van der Waals surface area contributed by atoms with Crippen molar-refractivity contribution in [3.8, 4) is 0 Å². The molecule has 26 heavy (non-hydrogen) atoms. The number of fused-ring (bicyclic) bond motifs is 1. The summed E-state index contributed by atoms with van der Waals surface area (Å²) in [5.41, 5.74) is 2.12. The first-order valence-electron chi connectivity index (χ1n) is 8.94. The number of hydrogen-bond donors (Lipinski definition) is 0. The average molecular weight is 386 g/mol. The molecule has 2 aliphatic rings. The van der Waals surface area contributed by atoms with Crippen LogP contribution in [0, 0.1) is 0 Å². The molecule has 1 amide bonds. The predicted molar refractivity (Wildman–Crippen MR) is 103 cm³/mol. The molecule has 1 aliphatic heterocycles. The lowest BCUT2D eigenvalue weighted by atomic mass is 10.2. The highest BCUT2D eigenvalue weighted by molar-refractivity contribution is 8.01. The summed E-state index contributed by atoms with van der Waals surface area (Å²) in [6.45, 7) is 1.52. The quantitative estimate of drug-likeness (QED) is 0.631. The maximum Gasteiger partial charge on any atom is 0.233 e. The van der Waals surface area contributed by atoms with Crippen molar-refractivity contribution in [1.29, 1.82) is 0 Å². The van der Waals surface area contributed by atoms with Crippen molar-refractivity contribution >= 4 is 39.2 Å². The Morgan fingerprint density at radius 2 is 2.15 bits per heavy atom. The van der Waals surface area contributed by atoms with Gasteiger partial charge in [0.1, 0.15) is 0 Å². The minimum absolute atomic E-state index is 0.180. The van der Waals surface area contributed by atoms with E-state index < -0.39 is 0 Å². The number of likely N-dealkylation sites (tertiary alicyclic amines) is 1. The molecule has 0 N–H and O–H groups in total. The number of benzene rings is 1. The van der Waals surface area contributed by atoms with Crippen molar-refractivity contribution in [3.63, 3.8) is 0 Å². The van der Waals surface area contributed by atoms with Gasteiger partial charge in [0, 0.05) is 25.2 Å². The van der Waals surface area contributed by atoms with E-state index in [1.807, 2.05) is 27.8 Å². The van der Waals surface area contributed by atoms with Gasteiger partial charge in [0.05, 0.1) is 27.7 Å². The van der Waals surface area contributed by atoms with Crippen LogP contribution in [0.5, 0.6) is 0 Å². The Balaban J connectivity index is 1.18. The van der Waals surface area contributed by atoms with Gasteiger partial charge in [-0.05, 0) is 31.4 Å². The lowest BCUT2D eigenvalue weighted by Gasteiger charge is -2.15. The fourth-order valence-electron chi connectivity index (χ4n) is 3.35. The van der Waals surface area contributed by atoms with Crippen LogP contribution in [0.1, 0.15) is 36.9 Å². The molecule has 1 aromatic carbocycles. The number of para-hydroxylation sites is 1. The second-order valence-electron chi connectivity index (χ2n) is 6.92. The Labute approximate surface area is 159 Å². The number of hydrogen-bond acceptors (Lipinski definition) is 6. The van der Waals surface area contributed by atoms with Gasteiger partial charge in [0.15, 0.2) is 4.34 Å². The number of amides is 1. The molecule has 5 rings (SSSR count). The summed E-state index contributed by atoms with van der Waals surface area (Å²) in [5, 5.41) is 8.57. The van der Waals surface area contributed by atoms with E-state index in [-0.39, 0.29) is 11.9 Å². The molecule has 1 saturated heterocycles. The summed E-state index contributed by atoms with van der Waals surface area (Å²) in [7, 11) is 0. The molecule has 1 unspecified atom stereocenters. The van der Waals surface area contributed by atoms with Crippen molar-refractivity contribution in [1.82, 2.24) is 24.9 Å². The Bertz CT molecular complexity index is 915. The van der Waals surface area contributed by atoms with Crippen LogP contribution in [-0.2, 0) is 4.79 Å². The zero-order valence-corrected chi connectivity index (χ0v) is 15.9. The van der Waals surface area contributed by atoms with Crippen LogP contribution in [0.3, 0.4) is 0 Å². The molecule has 1 atom stereocenters. The summed E-state index contributed by atoms with van der Waals surface area (Å²) >= 11 is 3.19. The minimum Gasteiger partial charge on any atom is -0.340 e. The van der Waals surface area contributed by atoms with Crippen molar-refractivity contribution in [2.24, 2.45) is 0 Å². The highest BCUT2D eigenvalue weighted by Crippen LogP contribution is 2.39. The predicted octanol–water partition coefficient (Wildman–Crippen LogP) is 3.33. The largest absolute Gasteiger partial charge is 0.340 e. The third kappa shape index (κ3) is 3.23. The molecule has 0 bridgehead atoms. The Morgan fingerprint density at radius 1 is 1.27 bits per heavy atom. The smallest absolute Gasteiger partial charge is 0.233 e. The van der Waals surface area contributed by atoms with E-state index in [4.69, 9.17) is 0 Å². The molecule has 0 spiro atoms. The van der Waals surface area contributed by atoms with Crippen LogP contribution in [0.2, 0.25) is 0 Å². The maximum absolute atomic E-state index is 12.6. The summed E-state index contributed by atoms with van der Waals surface area (Å²) in [6, 6.07) is 8.34. The second-order valence-corrected chi connectivity index (χ2v) is 9.17. The van der Waals surface area contributed by atoms with Crippen molar-refractivity contribution in [2.75, 3.05) is 18.8 Å². The number of carbonyl (C=O) groups excluding carboxylic acids is 1. The fraction of sp³-hybridized carbons (Fsp3) is 0.444. The molecule has 8 heteroatoms. The van der Waals surface area contributed by atoms with Crippen molar-refractivity contribution in [2.45, 2.75) is 35.6 Å². The zero-order chi connectivity index (χ0) is 17.5. The third-order valence-electron chi connectivity index (χ3n) is 5.01. The minimum atomic E-state index is 0.180. The van der Waals surface area contributed by atoms with Gasteiger partial charge in [0.25, 0.3) is 0 Å². The first-order chi connectivity index (χ1) is 12.8. The topological polar surface area (TPSA) is 63.9 Å². The molecule has 6 nitrogen and oxygen atoms in total. The number of nitrogens with zero attached hydrogens (tertiary/aromatic N) is 5. The lowest BCUT2D eigenvalue weighted by molar-refractivity contribution is -0.127. The van der Waals surface area contributed by atoms with Crippen LogP contribution in [0.15, 0.2) is 34.8 Å². The molecule has 3 heterocycles. The molecular weight excluding hydrogens is 366 g/mol. The van der Waals surface area contributed by atoms with E-state index in [1.54, 1.807) is 11.3 Å². The van der Waals surface area contributed by atoms with Gasteiger partial charge in [-0.2, -0.15) is 0 Å². The highest BCUT2D eigenvalue weighted by atomic mass is 32.2. The van der Waals surface area contributed by atoms with E-state index in [9.17, 15) is 4.79 Å². The third-order valence-corrected chi connectivity index (χ3v) is 7.17. The molecule has 1 saturated carbocycles. The molecular formula is C18H19N5OS2. The first-order valence-corrected chi connectivity index (χ1v) is 10.7. The SMILES string of the molecule is O=C(CSc1nc2ccccc2s1)N1CCC(n2cc(C3CC3)nn2)C1. The molecule has 3 aromatic rings. The van der Waals surface area contributed by atoms with Gasteiger partial charge in [-0.25, -0.2) is 9.67 Å². The molecule has 1 aliphatic carbocycles. The Morgan fingerprint density at radius 3 is 3.00 bits per heavy atom. The van der Waals surface area contributed by atoms with Crippen LogP contribution in [-0.4, -0.2) is 49.6 Å². The fourth-order valence-corrected chi connectivity index (χ4v) is 5.32. The van der Waals surface area contributed by atoms with Crippen molar-refractivity contribution in [3.05, 3.63) is 36.2 Å². The number of rotatable bonds is 5. The second kappa shape index (κ2) is 6.66. The van der Waals surface area contributed by atoms with Gasteiger partial charge in [-0.1, -0.05) is 29.1 Å². The Kier molecular flexibility index (Phi) is 4.17. The van der Waals surface area contributed by atoms with Crippen LogP contribution < -0.4 is 0 Å². The van der Waals surface area contributed by atoms with E-state index in [0.717, 1.165) is 35.1 Å². The van der Waals surface area contributed by atoms with Gasteiger partial charge >= 0.3 is 0 Å². The molecule has 0 radical (unpaired) electrons. The highest BCUT2D eigenvalue weighted by Gasteiger charge is 2.31. The molecule has 2 fully saturated rings. The zero-order valence-electron chi connectivity index (χ0n) is 14.2. The average Bonchev–Trinajstić information content (AvgIpc) is 3.09. The standard InChI is InChI=1S/C18H19N5OS2/c24-17(11-25-18-19-14-3-1-2-4-16(14)26-18)22-8-7-13(9-22)23-10-15(20-21-23)12-5-6-12/h1-4,10,12-13H,5-9,11H2. The van der Waals surface area contributed by atoms with Crippen molar-refractivity contribution < 1.29 is 4.79 Å². The van der Waals surface area contributed by atoms with E-state index in [2.05, 4.69) is 27.6 Å². The van der Waals surface area contributed by atoms with Gasteiger partial charge in [-0.15, -0.1) is 16.4 Å². The van der Waals surface area contributed by atoms with E-state index >= 15 is 0 Å². The van der Waals surface area contributed by atoms with Gasteiger partial charge in [-0.3, -0.25) is 4.79 Å². The Hall–Kier alpha value is -1.93. The van der Waals surface area contributed by atoms with E-state index in [0.29, 0.717) is 11.7 Å². The summed E-state index contributed by atoms with van der Waals surface area (Å²) in [6.07, 6.45) is 5.49. The van der Waals surface area contributed by atoms with E-state index in [1.165, 1.54) is 29.3 Å². The first kappa shape index (κ1) is 16.3. The summed E-state index contributed by atoms with van der Waals surface area (Å²) in [5.74, 6) is 1.24. The molecule has 134 valence electrons. The summed E-state index contributed by atoms with van der Waals surface area (Å²) in [4.78, 5) is 19.1. The number of aromatic nitrogens is 4. The van der Waals surface area contributed by atoms with Crippen LogP contribution in [0.25, 0.3) is 10.2 Å². The van der Waals surface area contributed by atoms with Gasteiger partial charge in [0.2, 0.25) is 5.91 Å².